The number of amides is 2. The van der Waals surface area contributed by atoms with Gasteiger partial charge in [-0.2, -0.15) is 0 Å². The summed E-state index contributed by atoms with van der Waals surface area (Å²) in [6.07, 6.45) is -0.514. The predicted octanol–water partition coefficient (Wildman–Crippen LogP) is 5.50. The molecule has 0 unspecified atom stereocenters. The molecule has 2 amide bonds. The van der Waals surface area contributed by atoms with Gasteiger partial charge in [0.05, 0.1) is 4.88 Å². The first-order valence-electron chi connectivity index (χ1n) is 8.20. The molecule has 1 aromatic heterocycles. The zero-order valence-corrected chi connectivity index (χ0v) is 15.6. The predicted molar refractivity (Wildman–Crippen MR) is 106 cm³/mol. The number of thiophene rings is 1. The van der Waals surface area contributed by atoms with E-state index in [0.29, 0.717) is 16.3 Å². The summed E-state index contributed by atoms with van der Waals surface area (Å²) in [6, 6.07) is 16.7. The Morgan fingerprint density at radius 3 is 2.15 bits per heavy atom. The highest BCUT2D eigenvalue weighted by atomic mass is 32.1. The molecule has 0 aliphatic heterocycles. The number of carbonyl (C=O) groups is 2. The van der Waals surface area contributed by atoms with E-state index in [1.165, 1.54) is 11.3 Å². The Kier molecular flexibility index (Phi) is 4.95. The summed E-state index contributed by atoms with van der Waals surface area (Å²) in [6.45, 7) is 5.41. The fourth-order valence-electron chi connectivity index (χ4n) is 2.34. The molecule has 3 aromatic rings. The van der Waals surface area contributed by atoms with Gasteiger partial charge in [0, 0.05) is 16.1 Å². The molecule has 0 fully saturated rings. The topological polar surface area (TPSA) is 67.4 Å². The summed E-state index contributed by atoms with van der Waals surface area (Å²) >= 11 is 1.46. The highest BCUT2D eigenvalue weighted by Gasteiger charge is 2.16. The Labute approximate surface area is 156 Å². The second-order valence-electron chi connectivity index (χ2n) is 6.81. The molecule has 0 aliphatic rings. The van der Waals surface area contributed by atoms with Crippen LogP contribution in [0.4, 0.5) is 16.2 Å². The van der Waals surface area contributed by atoms with E-state index in [1.54, 1.807) is 45.0 Å². The third kappa shape index (κ3) is 4.61. The quantitative estimate of drug-likeness (QED) is 0.641. The van der Waals surface area contributed by atoms with Crippen molar-refractivity contribution >= 4 is 44.8 Å². The van der Waals surface area contributed by atoms with Crippen LogP contribution in [0.15, 0.2) is 54.6 Å². The zero-order chi connectivity index (χ0) is 18.7. The Hall–Kier alpha value is -2.86. The SMILES string of the molecule is CC(C)(C)OC(=O)Nc1ccc(NC(=O)c2cc3ccccc3s2)cc1. The number of nitrogens with one attached hydrogen (secondary N) is 2. The van der Waals surface area contributed by atoms with Gasteiger partial charge in [-0.3, -0.25) is 10.1 Å². The van der Waals surface area contributed by atoms with Crippen LogP contribution in [0.3, 0.4) is 0 Å². The minimum atomic E-state index is -0.553. The second-order valence-corrected chi connectivity index (χ2v) is 7.89. The van der Waals surface area contributed by atoms with Crippen molar-refractivity contribution in [3.05, 3.63) is 59.5 Å². The number of carbonyl (C=O) groups excluding carboxylic acids is 2. The number of benzene rings is 2. The molecule has 26 heavy (non-hydrogen) atoms. The summed E-state index contributed by atoms with van der Waals surface area (Å²) in [7, 11) is 0. The van der Waals surface area contributed by atoms with E-state index < -0.39 is 11.7 Å². The van der Waals surface area contributed by atoms with Crippen LogP contribution in [0.25, 0.3) is 10.1 Å². The lowest BCUT2D eigenvalue weighted by Crippen LogP contribution is -2.27. The fourth-order valence-corrected chi connectivity index (χ4v) is 3.30. The van der Waals surface area contributed by atoms with Gasteiger partial charge in [-0.1, -0.05) is 18.2 Å². The molecule has 0 saturated carbocycles. The lowest BCUT2D eigenvalue weighted by molar-refractivity contribution is 0.0635. The Morgan fingerprint density at radius 1 is 0.923 bits per heavy atom. The van der Waals surface area contributed by atoms with E-state index in [0.717, 1.165) is 10.1 Å². The van der Waals surface area contributed by atoms with Gasteiger partial charge >= 0.3 is 6.09 Å². The van der Waals surface area contributed by atoms with Crippen LogP contribution in [-0.4, -0.2) is 17.6 Å². The molecule has 6 heteroatoms. The number of rotatable bonds is 3. The molecule has 0 radical (unpaired) electrons. The molecule has 2 aromatic carbocycles. The van der Waals surface area contributed by atoms with Crippen LogP contribution >= 0.6 is 11.3 Å². The van der Waals surface area contributed by atoms with Gasteiger partial charge in [-0.15, -0.1) is 11.3 Å². The molecule has 1 heterocycles. The van der Waals surface area contributed by atoms with E-state index in [1.807, 2.05) is 30.3 Å². The summed E-state index contributed by atoms with van der Waals surface area (Å²) < 4.78 is 6.28. The Bertz CT molecular complexity index is 907. The molecule has 0 spiro atoms. The van der Waals surface area contributed by atoms with Gasteiger partial charge in [0.25, 0.3) is 5.91 Å². The first-order chi connectivity index (χ1) is 12.3. The third-order valence-corrected chi connectivity index (χ3v) is 4.55. The molecule has 5 nitrogen and oxygen atoms in total. The molecule has 134 valence electrons. The van der Waals surface area contributed by atoms with Crippen LogP contribution in [0.1, 0.15) is 30.4 Å². The van der Waals surface area contributed by atoms with Crippen molar-refractivity contribution < 1.29 is 14.3 Å². The van der Waals surface area contributed by atoms with Gasteiger partial charge < -0.3 is 10.1 Å². The number of hydrogen-bond donors (Lipinski definition) is 2. The van der Waals surface area contributed by atoms with E-state index in [-0.39, 0.29) is 5.91 Å². The van der Waals surface area contributed by atoms with Crippen LogP contribution in [-0.2, 0) is 4.74 Å². The first kappa shape index (κ1) is 17.9. The van der Waals surface area contributed by atoms with Crippen molar-refractivity contribution in [1.82, 2.24) is 0 Å². The van der Waals surface area contributed by atoms with Crippen LogP contribution < -0.4 is 10.6 Å². The molecule has 2 N–H and O–H groups in total. The van der Waals surface area contributed by atoms with Crippen molar-refractivity contribution in [3.63, 3.8) is 0 Å². The molecule has 0 saturated heterocycles. The van der Waals surface area contributed by atoms with E-state index >= 15 is 0 Å². The average molecular weight is 368 g/mol. The minimum Gasteiger partial charge on any atom is -0.444 e. The maximum atomic E-state index is 12.4. The summed E-state index contributed by atoms with van der Waals surface area (Å²) in [5.74, 6) is -0.154. The number of ether oxygens (including phenoxy) is 1. The largest absolute Gasteiger partial charge is 0.444 e. The molecular weight excluding hydrogens is 348 g/mol. The summed E-state index contributed by atoms with van der Waals surface area (Å²) in [5, 5.41) is 6.58. The highest BCUT2D eigenvalue weighted by molar-refractivity contribution is 7.20. The third-order valence-electron chi connectivity index (χ3n) is 3.44. The maximum Gasteiger partial charge on any atom is 0.412 e. The Balaban J connectivity index is 1.63. The van der Waals surface area contributed by atoms with Gasteiger partial charge in [-0.05, 0) is 62.6 Å². The van der Waals surface area contributed by atoms with Crippen molar-refractivity contribution in [3.8, 4) is 0 Å². The summed E-state index contributed by atoms with van der Waals surface area (Å²) in [5.41, 5.74) is 0.698. The van der Waals surface area contributed by atoms with Crippen molar-refractivity contribution in [2.75, 3.05) is 10.6 Å². The van der Waals surface area contributed by atoms with Gasteiger partial charge in [0.15, 0.2) is 0 Å². The molecule has 0 aliphatic carbocycles. The fraction of sp³-hybridized carbons (Fsp3) is 0.200. The van der Waals surface area contributed by atoms with E-state index in [9.17, 15) is 9.59 Å². The van der Waals surface area contributed by atoms with Crippen molar-refractivity contribution in [2.24, 2.45) is 0 Å². The molecule has 0 bridgehead atoms. The zero-order valence-electron chi connectivity index (χ0n) is 14.8. The average Bonchev–Trinajstić information content (AvgIpc) is 2.99. The standard InChI is InChI=1S/C20H20N2O3S/c1-20(2,3)25-19(24)22-15-10-8-14(9-11-15)21-18(23)17-12-13-6-4-5-7-16(13)26-17/h4-12H,1-3H3,(H,21,23)(H,22,24). The number of fused-ring (bicyclic) bond motifs is 1. The minimum absolute atomic E-state index is 0.154. The second kappa shape index (κ2) is 7.17. The smallest absolute Gasteiger partial charge is 0.412 e. The van der Waals surface area contributed by atoms with E-state index in [2.05, 4.69) is 10.6 Å². The monoisotopic (exact) mass is 368 g/mol. The maximum absolute atomic E-state index is 12.4. The van der Waals surface area contributed by atoms with Crippen LogP contribution in [0.5, 0.6) is 0 Å². The van der Waals surface area contributed by atoms with Gasteiger partial charge in [0.1, 0.15) is 5.60 Å². The molecule has 0 atom stereocenters. The molecular formula is C20H20N2O3S. The van der Waals surface area contributed by atoms with Crippen LogP contribution in [0, 0.1) is 0 Å². The molecule has 3 rings (SSSR count). The highest BCUT2D eigenvalue weighted by Crippen LogP contribution is 2.26. The van der Waals surface area contributed by atoms with Crippen LogP contribution in [0.2, 0.25) is 0 Å². The first-order valence-corrected chi connectivity index (χ1v) is 9.02. The number of hydrogen-bond acceptors (Lipinski definition) is 4. The van der Waals surface area contributed by atoms with Gasteiger partial charge in [0.2, 0.25) is 0 Å². The summed E-state index contributed by atoms with van der Waals surface area (Å²) in [4.78, 5) is 24.8. The van der Waals surface area contributed by atoms with Gasteiger partial charge in [-0.25, -0.2) is 4.79 Å². The van der Waals surface area contributed by atoms with E-state index in [4.69, 9.17) is 4.74 Å². The lowest BCUT2D eigenvalue weighted by atomic mass is 10.2. The van der Waals surface area contributed by atoms with Crippen molar-refractivity contribution in [2.45, 2.75) is 26.4 Å². The van der Waals surface area contributed by atoms with Crippen molar-refractivity contribution in [1.29, 1.82) is 0 Å². The Morgan fingerprint density at radius 2 is 1.54 bits per heavy atom. The lowest BCUT2D eigenvalue weighted by Gasteiger charge is -2.19. The number of anilines is 2. The normalized spacial score (nSPS) is 11.2.